The molecule has 1 saturated carbocycles. The minimum absolute atomic E-state index is 0.299. The summed E-state index contributed by atoms with van der Waals surface area (Å²) in [6, 6.07) is 0. The zero-order valence-electron chi connectivity index (χ0n) is 12.0. The lowest BCUT2D eigenvalue weighted by Gasteiger charge is -2.38. The number of rotatable bonds is 3. The minimum atomic E-state index is -0.304. The fraction of sp³-hybridized carbons (Fsp3) is 0.933. The average molecular weight is 252 g/mol. The van der Waals surface area contributed by atoms with E-state index in [1.54, 1.807) is 0 Å². The average Bonchev–Trinajstić information content (AvgIpc) is 2.40. The highest BCUT2D eigenvalue weighted by Crippen LogP contribution is 2.26. The summed E-state index contributed by atoms with van der Waals surface area (Å²) < 4.78 is 0. The number of amides is 1. The topological polar surface area (TPSA) is 32.3 Å². The maximum Gasteiger partial charge on any atom is 0.242 e. The van der Waals surface area contributed by atoms with Gasteiger partial charge in [-0.25, -0.2) is 0 Å². The van der Waals surface area contributed by atoms with E-state index in [0.717, 1.165) is 25.4 Å². The van der Waals surface area contributed by atoms with Gasteiger partial charge in [0.2, 0.25) is 5.91 Å². The lowest BCUT2D eigenvalue weighted by molar-refractivity contribution is -0.138. The Morgan fingerprint density at radius 1 is 1.22 bits per heavy atom. The number of carbonyl (C=O) groups is 1. The van der Waals surface area contributed by atoms with Gasteiger partial charge >= 0.3 is 0 Å². The van der Waals surface area contributed by atoms with E-state index in [1.807, 2.05) is 11.9 Å². The molecule has 18 heavy (non-hydrogen) atoms. The Balaban J connectivity index is 1.86. The van der Waals surface area contributed by atoms with Crippen LogP contribution in [0.1, 0.15) is 58.3 Å². The van der Waals surface area contributed by atoms with Gasteiger partial charge in [-0.15, -0.1) is 0 Å². The van der Waals surface area contributed by atoms with E-state index in [4.69, 9.17) is 0 Å². The summed E-state index contributed by atoms with van der Waals surface area (Å²) in [5, 5.41) is 3.42. The van der Waals surface area contributed by atoms with Crippen LogP contribution < -0.4 is 5.32 Å². The normalized spacial score (nSPS) is 30.1. The van der Waals surface area contributed by atoms with Gasteiger partial charge < -0.3 is 10.2 Å². The lowest BCUT2D eigenvalue weighted by Crippen LogP contribution is -2.57. The van der Waals surface area contributed by atoms with Gasteiger partial charge in [0.25, 0.3) is 0 Å². The quantitative estimate of drug-likeness (QED) is 0.837. The summed E-state index contributed by atoms with van der Waals surface area (Å²) >= 11 is 0. The van der Waals surface area contributed by atoms with E-state index in [2.05, 4.69) is 12.2 Å². The van der Waals surface area contributed by atoms with Crippen molar-refractivity contribution in [3.63, 3.8) is 0 Å². The smallest absolute Gasteiger partial charge is 0.242 e. The largest absolute Gasteiger partial charge is 0.344 e. The van der Waals surface area contributed by atoms with E-state index in [9.17, 15) is 4.79 Å². The second-order valence-electron chi connectivity index (χ2n) is 6.41. The van der Waals surface area contributed by atoms with Crippen molar-refractivity contribution in [1.29, 1.82) is 0 Å². The number of likely N-dealkylation sites (N-methyl/N-ethyl adjacent to an activating group) is 1. The molecule has 1 atom stereocenters. The lowest BCUT2D eigenvalue weighted by atomic mass is 9.87. The molecule has 0 bridgehead atoms. The zero-order valence-corrected chi connectivity index (χ0v) is 12.0. The summed E-state index contributed by atoms with van der Waals surface area (Å²) in [7, 11) is 1.98. The van der Waals surface area contributed by atoms with Crippen molar-refractivity contribution in [2.45, 2.75) is 63.8 Å². The second kappa shape index (κ2) is 6.05. The summed E-state index contributed by atoms with van der Waals surface area (Å²) in [6.07, 6.45) is 10.1. The van der Waals surface area contributed by atoms with E-state index in [1.165, 1.54) is 44.9 Å². The van der Waals surface area contributed by atoms with Crippen LogP contribution >= 0.6 is 0 Å². The fourth-order valence-electron chi connectivity index (χ4n) is 3.50. The van der Waals surface area contributed by atoms with Crippen LogP contribution in [0.15, 0.2) is 0 Å². The van der Waals surface area contributed by atoms with Gasteiger partial charge in [-0.05, 0) is 51.5 Å². The monoisotopic (exact) mass is 252 g/mol. The van der Waals surface area contributed by atoms with E-state index >= 15 is 0 Å². The molecule has 1 saturated heterocycles. The first kappa shape index (κ1) is 13.9. The van der Waals surface area contributed by atoms with Crippen LogP contribution in [0, 0.1) is 5.92 Å². The first-order valence-corrected chi connectivity index (χ1v) is 7.62. The highest BCUT2D eigenvalue weighted by Gasteiger charge is 2.36. The molecule has 0 aromatic rings. The van der Waals surface area contributed by atoms with Gasteiger partial charge in [0.05, 0.1) is 5.54 Å². The van der Waals surface area contributed by atoms with Crippen molar-refractivity contribution < 1.29 is 4.79 Å². The first-order chi connectivity index (χ1) is 8.62. The van der Waals surface area contributed by atoms with E-state index < -0.39 is 0 Å². The number of hydrogen-bond acceptors (Lipinski definition) is 2. The second-order valence-corrected chi connectivity index (χ2v) is 6.41. The molecule has 1 N–H and O–H groups in total. The number of piperidine rings is 1. The van der Waals surface area contributed by atoms with Crippen LogP contribution in [0.2, 0.25) is 0 Å². The molecule has 1 amide bonds. The van der Waals surface area contributed by atoms with Gasteiger partial charge in [0.1, 0.15) is 0 Å². The predicted octanol–water partition coefficient (Wildman–Crippen LogP) is 2.56. The predicted molar refractivity (Wildman–Crippen MR) is 74.5 cm³/mol. The maximum atomic E-state index is 12.6. The number of hydrogen-bond donors (Lipinski definition) is 1. The molecule has 0 aromatic heterocycles. The summed E-state index contributed by atoms with van der Waals surface area (Å²) in [5.41, 5.74) is -0.304. The van der Waals surface area contributed by atoms with E-state index in [0.29, 0.717) is 5.91 Å². The summed E-state index contributed by atoms with van der Waals surface area (Å²) in [5.74, 6) is 1.03. The van der Waals surface area contributed by atoms with Crippen LogP contribution in [-0.2, 0) is 4.79 Å². The standard InChI is InChI=1S/C15H28N2O/c1-15(10-6-7-11-16-15)14(18)17(2)12-13-8-4-3-5-9-13/h13,16H,3-12H2,1-2H3. The molecule has 1 heterocycles. The SMILES string of the molecule is CN(CC1CCCCC1)C(=O)C1(C)CCCCN1. The van der Waals surface area contributed by atoms with Gasteiger partial charge in [-0.1, -0.05) is 19.3 Å². The van der Waals surface area contributed by atoms with Gasteiger partial charge in [-0.3, -0.25) is 4.79 Å². The molecule has 1 unspecified atom stereocenters. The number of nitrogens with zero attached hydrogens (tertiary/aromatic N) is 1. The highest BCUT2D eigenvalue weighted by molar-refractivity contribution is 5.85. The van der Waals surface area contributed by atoms with Crippen molar-refractivity contribution >= 4 is 5.91 Å². The summed E-state index contributed by atoms with van der Waals surface area (Å²) in [6.45, 7) is 4.02. The first-order valence-electron chi connectivity index (χ1n) is 7.62. The Labute approximate surface area is 111 Å². The molecule has 1 aliphatic heterocycles. The van der Waals surface area contributed by atoms with Crippen LogP contribution in [-0.4, -0.2) is 36.5 Å². The molecule has 0 spiro atoms. The molecule has 0 aromatic carbocycles. The molecule has 0 radical (unpaired) electrons. The Hall–Kier alpha value is -0.570. The summed E-state index contributed by atoms with van der Waals surface area (Å²) in [4.78, 5) is 14.5. The highest BCUT2D eigenvalue weighted by atomic mass is 16.2. The van der Waals surface area contributed by atoms with Gasteiger partial charge in [-0.2, -0.15) is 0 Å². The molecule has 2 rings (SSSR count). The molecule has 3 heteroatoms. The Morgan fingerprint density at radius 2 is 1.94 bits per heavy atom. The van der Waals surface area contributed by atoms with Crippen LogP contribution in [0.3, 0.4) is 0 Å². The fourth-order valence-corrected chi connectivity index (χ4v) is 3.50. The third-order valence-electron chi connectivity index (χ3n) is 4.69. The Kier molecular flexibility index (Phi) is 4.66. The third kappa shape index (κ3) is 3.25. The maximum absolute atomic E-state index is 12.6. The van der Waals surface area contributed by atoms with Crippen LogP contribution in [0.4, 0.5) is 0 Å². The Bertz CT molecular complexity index is 278. The van der Waals surface area contributed by atoms with Crippen molar-refractivity contribution in [3.8, 4) is 0 Å². The van der Waals surface area contributed by atoms with Crippen LogP contribution in [0.25, 0.3) is 0 Å². The van der Waals surface area contributed by atoms with Crippen LogP contribution in [0.5, 0.6) is 0 Å². The molecular formula is C15H28N2O. The van der Waals surface area contributed by atoms with Crippen molar-refractivity contribution in [1.82, 2.24) is 10.2 Å². The Morgan fingerprint density at radius 3 is 2.56 bits per heavy atom. The van der Waals surface area contributed by atoms with Crippen molar-refractivity contribution in [3.05, 3.63) is 0 Å². The third-order valence-corrected chi connectivity index (χ3v) is 4.69. The minimum Gasteiger partial charge on any atom is -0.344 e. The van der Waals surface area contributed by atoms with Gasteiger partial charge in [0, 0.05) is 13.6 Å². The molecular weight excluding hydrogens is 224 g/mol. The molecule has 2 aliphatic rings. The van der Waals surface area contributed by atoms with Gasteiger partial charge in [0.15, 0.2) is 0 Å². The zero-order chi connectivity index (χ0) is 13.0. The van der Waals surface area contributed by atoms with E-state index in [-0.39, 0.29) is 5.54 Å². The number of carbonyl (C=O) groups excluding carboxylic acids is 1. The number of nitrogens with one attached hydrogen (secondary N) is 1. The molecule has 104 valence electrons. The van der Waals surface area contributed by atoms with Crippen molar-refractivity contribution in [2.75, 3.05) is 20.1 Å². The molecule has 1 aliphatic carbocycles. The molecule has 2 fully saturated rings. The molecule has 3 nitrogen and oxygen atoms in total. The van der Waals surface area contributed by atoms with Crippen molar-refractivity contribution in [2.24, 2.45) is 5.92 Å².